The van der Waals surface area contributed by atoms with E-state index in [0.717, 1.165) is 12.8 Å². The Morgan fingerprint density at radius 1 is 1.42 bits per heavy atom. The molecule has 0 bridgehead atoms. The van der Waals surface area contributed by atoms with Crippen molar-refractivity contribution in [2.45, 2.75) is 32.3 Å². The van der Waals surface area contributed by atoms with Gasteiger partial charge in [0.05, 0.1) is 0 Å². The van der Waals surface area contributed by atoms with Gasteiger partial charge in [0.1, 0.15) is 23.1 Å². The van der Waals surface area contributed by atoms with E-state index < -0.39 is 5.60 Å². The minimum absolute atomic E-state index is 0.361. The number of hydrogen-bond acceptors (Lipinski definition) is 5. The van der Waals surface area contributed by atoms with E-state index in [4.69, 9.17) is 14.5 Å². The minimum Gasteiger partial charge on any atom is -0.370 e. The number of aromatic nitrogens is 3. The lowest BCUT2D eigenvalue weighted by Gasteiger charge is -2.25. The van der Waals surface area contributed by atoms with Crippen LogP contribution in [0.25, 0.3) is 11.6 Å². The zero-order chi connectivity index (χ0) is 13.9. The van der Waals surface area contributed by atoms with Crippen molar-refractivity contribution in [2.75, 3.05) is 7.11 Å². The number of ether oxygens (including phenoxy) is 1. The highest BCUT2D eigenvalue weighted by atomic mass is 16.5. The van der Waals surface area contributed by atoms with E-state index in [1.54, 1.807) is 19.2 Å². The third-order valence-electron chi connectivity index (χ3n) is 3.40. The van der Waals surface area contributed by atoms with Gasteiger partial charge in [-0.3, -0.25) is 0 Å². The molecule has 1 N–H and O–H groups in total. The molecule has 6 heteroatoms. The molecule has 0 aliphatic carbocycles. The highest BCUT2D eigenvalue weighted by molar-refractivity contribution is 5.49. The second-order valence-corrected chi connectivity index (χ2v) is 4.23. The SMILES string of the molecule is CCC(CC)(OC)c1noc(-c2ccc(C#N)[nH]2)n1. The Bertz CT molecular complexity index is 582. The summed E-state index contributed by atoms with van der Waals surface area (Å²) in [7, 11) is 1.64. The van der Waals surface area contributed by atoms with Crippen LogP contribution in [0.15, 0.2) is 16.7 Å². The summed E-state index contributed by atoms with van der Waals surface area (Å²) >= 11 is 0. The molecule has 2 aromatic heterocycles. The Labute approximate surface area is 111 Å². The summed E-state index contributed by atoms with van der Waals surface area (Å²) in [5, 5.41) is 12.8. The number of nitriles is 1. The summed E-state index contributed by atoms with van der Waals surface area (Å²) in [6.07, 6.45) is 1.51. The fourth-order valence-electron chi connectivity index (χ4n) is 2.05. The second-order valence-electron chi connectivity index (χ2n) is 4.23. The van der Waals surface area contributed by atoms with Gasteiger partial charge in [-0.1, -0.05) is 19.0 Å². The number of rotatable bonds is 5. The molecule has 2 heterocycles. The highest BCUT2D eigenvalue weighted by Crippen LogP contribution is 2.31. The Morgan fingerprint density at radius 2 is 2.16 bits per heavy atom. The van der Waals surface area contributed by atoms with E-state index in [-0.39, 0.29) is 0 Å². The summed E-state index contributed by atoms with van der Waals surface area (Å²) in [4.78, 5) is 7.27. The molecule has 0 saturated carbocycles. The van der Waals surface area contributed by atoms with Gasteiger partial charge in [-0.05, 0) is 25.0 Å². The summed E-state index contributed by atoms with van der Waals surface area (Å²) in [5.41, 5.74) is 0.568. The van der Waals surface area contributed by atoms with Crippen LogP contribution in [-0.4, -0.2) is 22.2 Å². The molecule has 6 nitrogen and oxygen atoms in total. The van der Waals surface area contributed by atoms with Gasteiger partial charge in [-0.2, -0.15) is 10.2 Å². The third kappa shape index (κ3) is 2.25. The Hall–Kier alpha value is -2.13. The average molecular weight is 260 g/mol. The molecular weight excluding hydrogens is 244 g/mol. The number of nitrogens with one attached hydrogen (secondary N) is 1. The van der Waals surface area contributed by atoms with Gasteiger partial charge in [-0.15, -0.1) is 0 Å². The van der Waals surface area contributed by atoms with Gasteiger partial charge in [0, 0.05) is 7.11 Å². The Kier molecular flexibility index (Phi) is 3.67. The minimum atomic E-state index is -0.521. The van der Waals surface area contributed by atoms with Gasteiger partial charge in [0.2, 0.25) is 5.82 Å². The molecule has 0 aliphatic rings. The number of aromatic amines is 1. The molecule has 2 rings (SSSR count). The largest absolute Gasteiger partial charge is 0.370 e. The molecule has 0 unspecified atom stereocenters. The lowest BCUT2D eigenvalue weighted by Crippen LogP contribution is -2.28. The first kappa shape index (κ1) is 13.3. The maximum absolute atomic E-state index is 8.78. The van der Waals surface area contributed by atoms with Crippen LogP contribution in [0.4, 0.5) is 0 Å². The van der Waals surface area contributed by atoms with E-state index in [9.17, 15) is 0 Å². The van der Waals surface area contributed by atoms with Crippen molar-refractivity contribution in [3.63, 3.8) is 0 Å². The van der Waals surface area contributed by atoms with Crippen molar-refractivity contribution in [2.24, 2.45) is 0 Å². The fraction of sp³-hybridized carbons (Fsp3) is 0.462. The number of hydrogen-bond donors (Lipinski definition) is 1. The van der Waals surface area contributed by atoms with E-state index in [0.29, 0.717) is 23.1 Å². The monoisotopic (exact) mass is 260 g/mol. The molecule has 0 saturated heterocycles. The van der Waals surface area contributed by atoms with Crippen molar-refractivity contribution < 1.29 is 9.26 Å². The highest BCUT2D eigenvalue weighted by Gasteiger charge is 2.33. The smallest absolute Gasteiger partial charge is 0.274 e. The molecule has 2 aromatic rings. The zero-order valence-corrected chi connectivity index (χ0v) is 11.2. The first-order chi connectivity index (χ1) is 9.19. The van der Waals surface area contributed by atoms with Gasteiger partial charge in [0.25, 0.3) is 5.89 Å². The van der Waals surface area contributed by atoms with E-state index in [1.165, 1.54) is 0 Å². The van der Waals surface area contributed by atoms with E-state index in [2.05, 4.69) is 15.1 Å². The summed E-state index contributed by atoms with van der Waals surface area (Å²) in [6.45, 7) is 4.04. The molecule has 0 fully saturated rings. The van der Waals surface area contributed by atoms with Crippen molar-refractivity contribution in [3.05, 3.63) is 23.7 Å². The maximum atomic E-state index is 8.78. The molecule has 19 heavy (non-hydrogen) atoms. The van der Waals surface area contributed by atoms with Crippen LogP contribution >= 0.6 is 0 Å². The van der Waals surface area contributed by atoms with Gasteiger partial charge in [0.15, 0.2) is 0 Å². The van der Waals surface area contributed by atoms with Gasteiger partial charge in [-0.25, -0.2) is 0 Å². The normalized spacial score (nSPS) is 11.5. The van der Waals surface area contributed by atoms with Crippen molar-refractivity contribution >= 4 is 0 Å². The number of methoxy groups -OCH3 is 1. The first-order valence-corrected chi connectivity index (χ1v) is 6.18. The van der Waals surface area contributed by atoms with Crippen molar-refractivity contribution in [3.8, 4) is 17.7 Å². The van der Waals surface area contributed by atoms with Crippen LogP contribution in [0.5, 0.6) is 0 Å². The standard InChI is InChI=1S/C13H16N4O2/c1-4-13(5-2,18-3)12-16-11(19-17-12)10-7-6-9(8-14)15-10/h6-7,15H,4-5H2,1-3H3. The predicted octanol–water partition coefficient (Wildman–Crippen LogP) is 2.60. The molecule has 100 valence electrons. The zero-order valence-electron chi connectivity index (χ0n) is 11.2. The van der Waals surface area contributed by atoms with Crippen LogP contribution in [-0.2, 0) is 10.3 Å². The Balaban J connectivity index is 2.35. The molecule has 0 atom stereocenters. The molecule has 0 spiro atoms. The van der Waals surface area contributed by atoms with Gasteiger partial charge >= 0.3 is 0 Å². The van der Waals surface area contributed by atoms with E-state index in [1.807, 2.05) is 19.9 Å². The summed E-state index contributed by atoms with van der Waals surface area (Å²) < 4.78 is 10.8. The fourth-order valence-corrected chi connectivity index (χ4v) is 2.05. The number of nitrogens with zero attached hydrogens (tertiary/aromatic N) is 3. The lowest BCUT2D eigenvalue weighted by atomic mass is 9.96. The van der Waals surface area contributed by atoms with Crippen LogP contribution in [0.1, 0.15) is 38.2 Å². The Morgan fingerprint density at radius 3 is 2.68 bits per heavy atom. The predicted molar refractivity (Wildman–Crippen MR) is 68.1 cm³/mol. The molecule has 0 radical (unpaired) electrons. The van der Waals surface area contributed by atoms with Gasteiger partial charge < -0.3 is 14.2 Å². The molecular formula is C13H16N4O2. The first-order valence-electron chi connectivity index (χ1n) is 6.18. The van der Waals surface area contributed by atoms with Crippen LogP contribution in [0.3, 0.4) is 0 Å². The molecule has 0 amide bonds. The van der Waals surface area contributed by atoms with Crippen LogP contribution in [0.2, 0.25) is 0 Å². The van der Waals surface area contributed by atoms with Crippen molar-refractivity contribution in [1.82, 2.24) is 15.1 Å². The van der Waals surface area contributed by atoms with Crippen LogP contribution in [0, 0.1) is 11.3 Å². The topological polar surface area (TPSA) is 87.7 Å². The molecule has 0 aliphatic heterocycles. The number of H-pyrrole nitrogens is 1. The van der Waals surface area contributed by atoms with E-state index >= 15 is 0 Å². The molecule has 0 aromatic carbocycles. The lowest BCUT2D eigenvalue weighted by molar-refractivity contribution is -0.0306. The second kappa shape index (κ2) is 5.24. The summed E-state index contributed by atoms with van der Waals surface area (Å²) in [6, 6.07) is 5.42. The third-order valence-corrected chi connectivity index (χ3v) is 3.40. The average Bonchev–Trinajstić information content (AvgIpc) is 3.10. The maximum Gasteiger partial charge on any atom is 0.274 e. The quantitative estimate of drug-likeness (QED) is 0.892. The van der Waals surface area contributed by atoms with Crippen molar-refractivity contribution in [1.29, 1.82) is 5.26 Å². The summed E-state index contributed by atoms with van der Waals surface area (Å²) in [5.74, 6) is 0.892. The van der Waals surface area contributed by atoms with Crippen LogP contribution < -0.4 is 0 Å².